The van der Waals surface area contributed by atoms with Crippen LogP contribution in [0.3, 0.4) is 0 Å². The monoisotopic (exact) mass is 354 g/mol. The average molecular weight is 356 g/mol. The Labute approximate surface area is 129 Å². The van der Waals surface area contributed by atoms with Gasteiger partial charge in [-0.15, -0.1) is 0 Å². The number of rotatable bonds is 2. The molecule has 1 aliphatic heterocycles. The topological polar surface area (TPSA) is 73.1 Å². The predicted molar refractivity (Wildman–Crippen MR) is 81.3 cm³/mol. The van der Waals surface area contributed by atoms with E-state index in [1.807, 2.05) is 18.2 Å². The molecule has 5 nitrogen and oxygen atoms in total. The van der Waals surface area contributed by atoms with Crippen molar-refractivity contribution in [2.24, 2.45) is 5.84 Å². The van der Waals surface area contributed by atoms with Crippen LogP contribution in [0.2, 0.25) is 5.02 Å². The van der Waals surface area contributed by atoms with Crippen LogP contribution in [0.1, 0.15) is 11.3 Å². The molecule has 1 aliphatic rings. The molecule has 0 atom stereocenters. The zero-order valence-electron chi connectivity index (χ0n) is 10.5. The first-order valence-corrected chi connectivity index (χ1v) is 7.25. The number of halogens is 2. The molecule has 1 aromatic carbocycles. The summed E-state index contributed by atoms with van der Waals surface area (Å²) in [4.78, 5) is 9.05. The summed E-state index contributed by atoms with van der Waals surface area (Å²) in [5, 5.41) is 0.600. The highest BCUT2D eigenvalue weighted by Gasteiger charge is 2.19. The molecule has 0 unspecified atom stereocenters. The van der Waals surface area contributed by atoms with Crippen molar-refractivity contribution >= 4 is 33.3 Å². The molecule has 0 radical (unpaired) electrons. The van der Waals surface area contributed by atoms with Gasteiger partial charge >= 0.3 is 0 Å². The third kappa shape index (κ3) is 2.52. The van der Waals surface area contributed by atoms with Gasteiger partial charge in [-0.1, -0.05) is 27.5 Å². The van der Waals surface area contributed by atoms with Gasteiger partial charge in [-0.2, -0.15) is 0 Å². The van der Waals surface area contributed by atoms with E-state index < -0.39 is 0 Å². The Morgan fingerprint density at radius 3 is 3.00 bits per heavy atom. The van der Waals surface area contributed by atoms with E-state index >= 15 is 0 Å². The molecule has 2 heterocycles. The number of nitrogens with two attached hydrogens (primary N) is 1. The first-order valence-electron chi connectivity index (χ1n) is 6.08. The lowest BCUT2D eigenvalue weighted by molar-refractivity contribution is 0.109. The Morgan fingerprint density at radius 1 is 1.35 bits per heavy atom. The van der Waals surface area contributed by atoms with Crippen LogP contribution in [-0.4, -0.2) is 16.6 Å². The SMILES string of the molecule is NNc1nc(-c2cc(Br)ccc2Cl)nc2c1COCC2. The molecular formula is C13H12BrClN4O. The van der Waals surface area contributed by atoms with E-state index in [0.29, 0.717) is 29.9 Å². The van der Waals surface area contributed by atoms with Crippen molar-refractivity contribution in [2.45, 2.75) is 13.0 Å². The lowest BCUT2D eigenvalue weighted by atomic mass is 10.1. The quantitative estimate of drug-likeness (QED) is 0.640. The number of aromatic nitrogens is 2. The zero-order chi connectivity index (χ0) is 14.1. The summed E-state index contributed by atoms with van der Waals surface area (Å²) in [5.41, 5.74) is 5.24. The van der Waals surface area contributed by atoms with E-state index in [1.165, 1.54) is 0 Å². The van der Waals surface area contributed by atoms with Crippen LogP contribution in [0.25, 0.3) is 11.4 Å². The summed E-state index contributed by atoms with van der Waals surface area (Å²) in [6.45, 7) is 1.13. The fraction of sp³-hybridized carbons (Fsp3) is 0.231. The zero-order valence-corrected chi connectivity index (χ0v) is 12.8. The number of hydrazine groups is 1. The Balaban J connectivity index is 2.17. The summed E-state index contributed by atoms with van der Waals surface area (Å²) in [7, 11) is 0. The van der Waals surface area contributed by atoms with Gasteiger partial charge in [0.2, 0.25) is 0 Å². The Kier molecular flexibility index (Phi) is 3.89. The van der Waals surface area contributed by atoms with Gasteiger partial charge in [0.1, 0.15) is 5.82 Å². The minimum atomic E-state index is 0.474. The van der Waals surface area contributed by atoms with Crippen LogP contribution in [0, 0.1) is 0 Å². The molecule has 0 saturated heterocycles. The number of ether oxygens (including phenoxy) is 1. The molecule has 7 heteroatoms. The lowest BCUT2D eigenvalue weighted by Crippen LogP contribution is -2.19. The molecule has 0 aliphatic carbocycles. The fourth-order valence-electron chi connectivity index (χ4n) is 2.14. The van der Waals surface area contributed by atoms with E-state index in [0.717, 1.165) is 27.7 Å². The largest absolute Gasteiger partial charge is 0.376 e. The molecule has 0 saturated carbocycles. The average Bonchev–Trinajstić information content (AvgIpc) is 2.48. The number of fused-ring (bicyclic) bond motifs is 1. The van der Waals surface area contributed by atoms with Gasteiger partial charge in [0.05, 0.1) is 23.9 Å². The summed E-state index contributed by atoms with van der Waals surface area (Å²) in [6, 6.07) is 5.58. The van der Waals surface area contributed by atoms with Gasteiger partial charge in [-0.05, 0) is 18.2 Å². The van der Waals surface area contributed by atoms with Gasteiger partial charge in [0, 0.05) is 22.0 Å². The normalized spacial score (nSPS) is 13.9. The standard InChI is InChI=1S/C13H12BrClN4O/c14-7-1-2-10(15)8(5-7)12-17-11-3-4-20-6-9(11)13(18-12)19-16/h1-2,5H,3-4,6,16H2,(H,17,18,19). The van der Waals surface area contributed by atoms with Gasteiger partial charge in [0.15, 0.2) is 5.82 Å². The second kappa shape index (κ2) is 5.65. The molecule has 20 heavy (non-hydrogen) atoms. The molecular weight excluding hydrogens is 344 g/mol. The molecule has 2 aromatic rings. The van der Waals surface area contributed by atoms with Crippen molar-refractivity contribution in [3.8, 4) is 11.4 Å². The van der Waals surface area contributed by atoms with Crippen LogP contribution in [0.4, 0.5) is 5.82 Å². The molecule has 0 spiro atoms. The maximum absolute atomic E-state index is 6.23. The van der Waals surface area contributed by atoms with E-state index in [2.05, 4.69) is 31.3 Å². The highest BCUT2D eigenvalue weighted by molar-refractivity contribution is 9.10. The summed E-state index contributed by atoms with van der Waals surface area (Å²) >= 11 is 9.66. The van der Waals surface area contributed by atoms with E-state index in [1.54, 1.807) is 0 Å². The number of anilines is 1. The van der Waals surface area contributed by atoms with Crippen molar-refractivity contribution in [1.29, 1.82) is 0 Å². The van der Waals surface area contributed by atoms with E-state index in [9.17, 15) is 0 Å². The molecule has 0 amide bonds. The number of nitrogens with one attached hydrogen (secondary N) is 1. The Bertz CT molecular complexity index is 648. The Hall–Kier alpha value is -1.21. The number of hydrogen-bond acceptors (Lipinski definition) is 5. The van der Waals surface area contributed by atoms with Crippen LogP contribution in [-0.2, 0) is 17.8 Å². The molecule has 104 valence electrons. The van der Waals surface area contributed by atoms with E-state index in [4.69, 9.17) is 22.2 Å². The molecule has 0 fully saturated rings. The highest BCUT2D eigenvalue weighted by atomic mass is 79.9. The molecule has 3 rings (SSSR count). The van der Waals surface area contributed by atoms with Crippen LogP contribution < -0.4 is 11.3 Å². The van der Waals surface area contributed by atoms with Gasteiger partial charge < -0.3 is 10.2 Å². The van der Waals surface area contributed by atoms with Crippen molar-refractivity contribution in [3.05, 3.63) is 39.0 Å². The minimum Gasteiger partial charge on any atom is -0.376 e. The number of hydrogen-bond donors (Lipinski definition) is 2. The van der Waals surface area contributed by atoms with Crippen LogP contribution in [0.5, 0.6) is 0 Å². The highest BCUT2D eigenvalue weighted by Crippen LogP contribution is 2.31. The lowest BCUT2D eigenvalue weighted by Gasteiger charge is -2.19. The summed E-state index contributed by atoms with van der Waals surface area (Å²) < 4.78 is 6.34. The van der Waals surface area contributed by atoms with E-state index in [-0.39, 0.29) is 0 Å². The second-order valence-corrected chi connectivity index (χ2v) is 5.72. The third-order valence-electron chi connectivity index (χ3n) is 3.13. The molecule has 3 N–H and O–H groups in total. The van der Waals surface area contributed by atoms with Gasteiger partial charge in [0.25, 0.3) is 0 Å². The third-order valence-corrected chi connectivity index (χ3v) is 3.95. The first-order chi connectivity index (χ1) is 9.69. The van der Waals surface area contributed by atoms with Gasteiger partial charge in [-0.25, -0.2) is 15.8 Å². The fourth-order valence-corrected chi connectivity index (χ4v) is 2.70. The first kappa shape index (κ1) is 13.8. The van der Waals surface area contributed by atoms with Crippen LogP contribution >= 0.6 is 27.5 Å². The predicted octanol–water partition coefficient (Wildman–Crippen LogP) is 2.92. The van der Waals surface area contributed by atoms with Gasteiger partial charge in [-0.3, -0.25) is 0 Å². The molecule has 0 bridgehead atoms. The van der Waals surface area contributed by atoms with Crippen LogP contribution in [0.15, 0.2) is 22.7 Å². The smallest absolute Gasteiger partial charge is 0.163 e. The van der Waals surface area contributed by atoms with Crippen molar-refractivity contribution < 1.29 is 4.74 Å². The molecule has 1 aromatic heterocycles. The number of nitrogen functional groups attached to an aromatic ring is 1. The summed E-state index contributed by atoms with van der Waals surface area (Å²) in [6.07, 6.45) is 0.741. The number of benzene rings is 1. The second-order valence-electron chi connectivity index (χ2n) is 4.39. The van der Waals surface area contributed by atoms with Crippen molar-refractivity contribution in [2.75, 3.05) is 12.0 Å². The number of nitrogens with zero attached hydrogens (tertiary/aromatic N) is 2. The van der Waals surface area contributed by atoms with Crippen molar-refractivity contribution in [1.82, 2.24) is 9.97 Å². The maximum atomic E-state index is 6.23. The minimum absolute atomic E-state index is 0.474. The summed E-state index contributed by atoms with van der Waals surface area (Å²) in [5.74, 6) is 6.69. The van der Waals surface area contributed by atoms with Crippen molar-refractivity contribution in [3.63, 3.8) is 0 Å². The maximum Gasteiger partial charge on any atom is 0.163 e. The Morgan fingerprint density at radius 2 is 2.20 bits per heavy atom.